The van der Waals surface area contributed by atoms with Crippen LogP contribution in [0.1, 0.15) is 29.0 Å². The van der Waals surface area contributed by atoms with Gasteiger partial charge in [0.05, 0.1) is 6.54 Å². The Labute approximate surface area is 104 Å². The molecule has 2 rings (SSSR count). The molecule has 7 heteroatoms. The number of carboxylic acid groups (broad SMARTS) is 1. The zero-order valence-electron chi connectivity index (χ0n) is 9.93. The fourth-order valence-electron chi connectivity index (χ4n) is 1.43. The molecule has 96 valence electrons. The Balaban J connectivity index is 2.00. The molecule has 1 aliphatic rings. The Kier molecular flexibility index (Phi) is 3.40. The lowest BCUT2D eigenvalue weighted by Gasteiger charge is -2.08. The first-order chi connectivity index (χ1) is 8.56. The number of carbonyl (C=O) groups excluding carboxylic acids is 1. The topological polar surface area (TPSA) is 104 Å². The molecule has 18 heavy (non-hydrogen) atoms. The maximum absolute atomic E-state index is 11.5. The molecule has 1 fully saturated rings. The van der Waals surface area contributed by atoms with E-state index >= 15 is 0 Å². The van der Waals surface area contributed by atoms with Crippen LogP contribution in [0.4, 0.5) is 5.82 Å². The summed E-state index contributed by atoms with van der Waals surface area (Å²) in [6, 6.07) is 0.283. The van der Waals surface area contributed by atoms with Gasteiger partial charge in [-0.2, -0.15) is 0 Å². The van der Waals surface area contributed by atoms with E-state index in [1.54, 1.807) is 6.92 Å². The molecule has 1 aromatic heterocycles. The number of amides is 1. The van der Waals surface area contributed by atoms with Gasteiger partial charge in [0.2, 0.25) is 5.91 Å². The number of aromatic nitrogens is 2. The lowest BCUT2D eigenvalue weighted by Crippen LogP contribution is -2.32. The average Bonchev–Trinajstić information content (AvgIpc) is 3.10. The number of carboxylic acids is 1. The zero-order chi connectivity index (χ0) is 13.1. The minimum absolute atomic E-state index is 0.00718. The molecule has 0 aromatic carbocycles. The summed E-state index contributed by atoms with van der Waals surface area (Å²) in [6.45, 7) is 1.66. The van der Waals surface area contributed by atoms with Gasteiger partial charge in [0.15, 0.2) is 0 Å². The first-order valence-electron chi connectivity index (χ1n) is 5.66. The number of hydrogen-bond donors (Lipinski definition) is 3. The maximum Gasteiger partial charge on any atom is 0.341 e. The fourth-order valence-corrected chi connectivity index (χ4v) is 1.43. The molecule has 0 aliphatic heterocycles. The van der Waals surface area contributed by atoms with E-state index in [0.717, 1.165) is 12.8 Å². The molecule has 0 bridgehead atoms. The van der Waals surface area contributed by atoms with Gasteiger partial charge in [-0.3, -0.25) is 4.79 Å². The van der Waals surface area contributed by atoms with Crippen molar-refractivity contribution in [1.82, 2.24) is 15.3 Å². The minimum Gasteiger partial charge on any atom is -0.477 e. The third-order valence-corrected chi connectivity index (χ3v) is 2.50. The SMILES string of the molecule is Cc1ncc(C(=O)O)c(NCC(=O)NC2CC2)n1. The summed E-state index contributed by atoms with van der Waals surface area (Å²) in [6.07, 6.45) is 3.25. The molecule has 1 aliphatic carbocycles. The van der Waals surface area contributed by atoms with Gasteiger partial charge in [0, 0.05) is 12.2 Å². The second kappa shape index (κ2) is 4.99. The summed E-state index contributed by atoms with van der Waals surface area (Å²) in [5.41, 5.74) is -0.0418. The van der Waals surface area contributed by atoms with Crippen molar-refractivity contribution in [1.29, 1.82) is 0 Å². The summed E-state index contributed by atoms with van der Waals surface area (Å²) in [4.78, 5) is 30.2. The van der Waals surface area contributed by atoms with Gasteiger partial charge in [-0.05, 0) is 19.8 Å². The first kappa shape index (κ1) is 12.3. The highest BCUT2D eigenvalue weighted by Crippen LogP contribution is 2.18. The molecule has 0 spiro atoms. The van der Waals surface area contributed by atoms with Crippen molar-refractivity contribution >= 4 is 17.7 Å². The molecule has 3 N–H and O–H groups in total. The number of aromatic carboxylic acids is 1. The van der Waals surface area contributed by atoms with Crippen LogP contribution in [-0.4, -0.2) is 39.5 Å². The Hall–Kier alpha value is -2.18. The van der Waals surface area contributed by atoms with Crippen molar-refractivity contribution in [2.45, 2.75) is 25.8 Å². The summed E-state index contributed by atoms with van der Waals surface area (Å²) in [7, 11) is 0. The highest BCUT2D eigenvalue weighted by Gasteiger charge is 2.23. The molecule has 0 unspecified atom stereocenters. The van der Waals surface area contributed by atoms with Crippen molar-refractivity contribution < 1.29 is 14.7 Å². The molecule has 1 aromatic rings. The number of nitrogens with one attached hydrogen (secondary N) is 2. The Morgan fingerprint density at radius 1 is 1.50 bits per heavy atom. The Morgan fingerprint density at radius 3 is 2.83 bits per heavy atom. The van der Waals surface area contributed by atoms with Gasteiger partial charge in [0.1, 0.15) is 17.2 Å². The maximum atomic E-state index is 11.5. The van der Waals surface area contributed by atoms with Crippen LogP contribution in [0.2, 0.25) is 0 Å². The summed E-state index contributed by atoms with van der Waals surface area (Å²) >= 11 is 0. The predicted molar refractivity (Wildman–Crippen MR) is 63.4 cm³/mol. The van der Waals surface area contributed by atoms with E-state index in [0.29, 0.717) is 5.82 Å². The van der Waals surface area contributed by atoms with E-state index in [2.05, 4.69) is 20.6 Å². The van der Waals surface area contributed by atoms with Gasteiger partial charge >= 0.3 is 5.97 Å². The van der Waals surface area contributed by atoms with E-state index in [9.17, 15) is 9.59 Å². The van der Waals surface area contributed by atoms with Crippen LogP contribution in [0.15, 0.2) is 6.20 Å². The van der Waals surface area contributed by atoms with E-state index in [1.165, 1.54) is 6.20 Å². The average molecular weight is 250 g/mol. The monoisotopic (exact) mass is 250 g/mol. The van der Waals surface area contributed by atoms with Crippen molar-refractivity contribution in [2.24, 2.45) is 0 Å². The van der Waals surface area contributed by atoms with Crippen LogP contribution in [0, 0.1) is 6.92 Å². The quantitative estimate of drug-likeness (QED) is 0.688. The van der Waals surface area contributed by atoms with Crippen LogP contribution in [0.25, 0.3) is 0 Å². The fraction of sp³-hybridized carbons (Fsp3) is 0.455. The normalized spacial score (nSPS) is 14.1. The number of carbonyl (C=O) groups is 2. The first-order valence-corrected chi connectivity index (χ1v) is 5.66. The molecule has 7 nitrogen and oxygen atoms in total. The molecule has 1 saturated carbocycles. The van der Waals surface area contributed by atoms with Crippen LogP contribution < -0.4 is 10.6 Å². The highest BCUT2D eigenvalue weighted by atomic mass is 16.4. The Bertz CT molecular complexity index is 485. The van der Waals surface area contributed by atoms with Crippen molar-refractivity contribution in [3.8, 4) is 0 Å². The van der Waals surface area contributed by atoms with E-state index < -0.39 is 5.97 Å². The second-order valence-electron chi connectivity index (χ2n) is 4.18. The van der Waals surface area contributed by atoms with Gasteiger partial charge < -0.3 is 15.7 Å². The molecule has 1 amide bonds. The molecule has 1 heterocycles. The lowest BCUT2D eigenvalue weighted by molar-refractivity contribution is -0.119. The van der Waals surface area contributed by atoms with Crippen molar-refractivity contribution in [3.05, 3.63) is 17.6 Å². The predicted octanol–water partition coefficient (Wildman–Crippen LogP) is 0.174. The molecular weight excluding hydrogens is 236 g/mol. The largest absolute Gasteiger partial charge is 0.477 e. The number of rotatable bonds is 5. The Morgan fingerprint density at radius 2 is 2.22 bits per heavy atom. The third-order valence-electron chi connectivity index (χ3n) is 2.50. The standard InChI is InChI=1S/C11H14N4O3/c1-6-12-4-8(11(17)18)10(14-6)13-5-9(16)15-7-2-3-7/h4,7H,2-3,5H2,1H3,(H,15,16)(H,17,18)(H,12,13,14). The van der Waals surface area contributed by atoms with Crippen molar-refractivity contribution in [3.63, 3.8) is 0 Å². The highest BCUT2D eigenvalue weighted by molar-refractivity contribution is 5.93. The van der Waals surface area contributed by atoms with E-state index in [4.69, 9.17) is 5.11 Å². The molecule has 0 radical (unpaired) electrons. The number of hydrogen-bond acceptors (Lipinski definition) is 5. The van der Waals surface area contributed by atoms with Crippen molar-refractivity contribution in [2.75, 3.05) is 11.9 Å². The summed E-state index contributed by atoms with van der Waals surface area (Å²) in [5.74, 6) is -0.670. The number of anilines is 1. The number of nitrogens with zero attached hydrogens (tertiary/aromatic N) is 2. The second-order valence-corrected chi connectivity index (χ2v) is 4.18. The molecule has 0 saturated heterocycles. The molecular formula is C11H14N4O3. The van der Waals surface area contributed by atoms with Gasteiger partial charge in [-0.1, -0.05) is 0 Å². The van der Waals surface area contributed by atoms with E-state index in [1.807, 2.05) is 0 Å². The van der Waals surface area contributed by atoms with Gasteiger partial charge in [-0.25, -0.2) is 14.8 Å². The summed E-state index contributed by atoms with van der Waals surface area (Å²) in [5, 5.41) is 14.5. The number of aryl methyl sites for hydroxylation is 1. The van der Waals surface area contributed by atoms with E-state index in [-0.39, 0.29) is 29.9 Å². The van der Waals surface area contributed by atoms with Crippen LogP contribution in [0.5, 0.6) is 0 Å². The minimum atomic E-state index is -1.12. The third kappa shape index (κ3) is 3.16. The van der Waals surface area contributed by atoms with Gasteiger partial charge in [0.25, 0.3) is 0 Å². The lowest BCUT2D eigenvalue weighted by atomic mass is 10.3. The van der Waals surface area contributed by atoms with Crippen LogP contribution in [0.3, 0.4) is 0 Å². The molecule has 0 atom stereocenters. The van der Waals surface area contributed by atoms with Gasteiger partial charge in [-0.15, -0.1) is 0 Å². The van der Waals surface area contributed by atoms with Crippen LogP contribution in [-0.2, 0) is 4.79 Å². The summed E-state index contributed by atoms with van der Waals surface area (Å²) < 4.78 is 0. The van der Waals surface area contributed by atoms with Crippen LogP contribution >= 0.6 is 0 Å². The zero-order valence-corrected chi connectivity index (χ0v) is 9.93. The smallest absolute Gasteiger partial charge is 0.341 e.